The SMILES string of the molecule is CCCNc1nccnc1-c1ccc(Cl)cc1. The van der Waals surface area contributed by atoms with Crippen molar-refractivity contribution >= 4 is 17.4 Å². The van der Waals surface area contributed by atoms with Gasteiger partial charge in [-0.05, 0) is 18.6 Å². The summed E-state index contributed by atoms with van der Waals surface area (Å²) in [5.74, 6) is 0.816. The lowest BCUT2D eigenvalue weighted by molar-refractivity contribution is 0.966. The molecule has 1 aromatic carbocycles. The van der Waals surface area contributed by atoms with Gasteiger partial charge < -0.3 is 5.32 Å². The lowest BCUT2D eigenvalue weighted by atomic mass is 10.1. The van der Waals surface area contributed by atoms with E-state index in [0.29, 0.717) is 0 Å². The minimum atomic E-state index is 0.723. The molecule has 2 rings (SSSR count). The Balaban J connectivity index is 2.33. The second-order valence-corrected chi connectivity index (χ2v) is 4.12. The van der Waals surface area contributed by atoms with E-state index in [9.17, 15) is 0 Å². The molecule has 0 bridgehead atoms. The van der Waals surface area contributed by atoms with Gasteiger partial charge in [0.05, 0.1) is 0 Å². The smallest absolute Gasteiger partial charge is 0.152 e. The zero-order valence-corrected chi connectivity index (χ0v) is 10.4. The number of aromatic nitrogens is 2. The van der Waals surface area contributed by atoms with Crippen LogP contribution < -0.4 is 5.32 Å². The third kappa shape index (κ3) is 2.94. The second kappa shape index (κ2) is 5.64. The van der Waals surface area contributed by atoms with Crippen molar-refractivity contribution in [2.45, 2.75) is 13.3 Å². The van der Waals surface area contributed by atoms with Crippen LogP contribution in [-0.4, -0.2) is 16.5 Å². The molecule has 3 nitrogen and oxygen atoms in total. The first-order valence-electron chi connectivity index (χ1n) is 5.62. The predicted octanol–water partition coefficient (Wildman–Crippen LogP) is 3.62. The van der Waals surface area contributed by atoms with Crippen LogP contribution >= 0.6 is 11.6 Å². The third-order valence-corrected chi connectivity index (χ3v) is 2.61. The predicted molar refractivity (Wildman–Crippen MR) is 71.3 cm³/mol. The van der Waals surface area contributed by atoms with Gasteiger partial charge in [0.15, 0.2) is 5.82 Å². The van der Waals surface area contributed by atoms with Gasteiger partial charge in [-0.2, -0.15) is 0 Å². The van der Waals surface area contributed by atoms with Gasteiger partial charge in [0.1, 0.15) is 5.69 Å². The minimum Gasteiger partial charge on any atom is -0.368 e. The fourth-order valence-electron chi connectivity index (χ4n) is 1.53. The molecule has 0 saturated heterocycles. The fourth-order valence-corrected chi connectivity index (χ4v) is 1.66. The van der Waals surface area contributed by atoms with E-state index in [1.807, 2.05) is 24.3 Å². The largest absolute Gasteiger partial charge is 0.368 e. The molecule has 1 N–H and O–H groups in total. The average Bonchev–Trinajstić information content (AvgIpc) is 2.38. The molecule has 0 fully saturated rings. The maximum absolute atomic E-state index is 5.87. The van der Waals surface area contributed by atoms with Crippen molar-refractivity contribution < 1.29 is 0 Å². The van der Waals surface area contributed by atoms with Crippen molar-refractivity contribution in [3.63, 3.8) is 0 Å². The van der Waals surface area contributed by atoms with E-state index in [1.165, 1.54) is 0 Å². The Morgan fingerprint density at radius 1 is 1.12 bits per heavy atom. The molecule has 2 aromatic rings. The number of nitrogens with zero attached hydrogens (tertiary/aromatic N) is 2. The number of halogens is 1. The molecular weight excluding hydrogens is 234 g/mol. The van der Waals surface area contributed by atoms with Crippen LogP contribution in [0.5, 0.6) is 0 Å². The molecule has 4 heteroatoms. The highest BCUT2D eigenvalue weighted by Gasteiger charge is 2.06. The Morgan fingerprint density at radius 3 is 2.53 bits per heavy atom. The summed E-state index contributed by atoms with van der Waals surface area (Å²) in [6.07, 6.45) is 4.44. The summed E-state index contributed by atoms with van der Waals surface area (Å²) in [6.45, 7) is 3.00. The summed E-state index contributed by atoms with van der Waals surface area (Å²) in [4.78, 5) is 8.67. The van der Waals surface area contributed by atoms with E-state index in [1.54, 1.807) is 12.4 Å². The molecule has 0 atom stereocenters. The molecule has 1 heterocycles. The molecular formula is C13H14ClN3. The number of hydrogen-bond acceptors (Lipinski definition) is 3. The van der Waals surface area contributed by atoms with Gasteiger partial charge in [0.2, 0.25) is 0 Å². The molecule has 0 radical (unpaired) electrons. The van der Waals surface area contributed by atoms with Gasteiger partial charge in [0.25, 0.3) is 0 Å². The number of hydrogen-bond donors (Lipinski definition) is 1. The standard InChI is InChI=1S/C13H14ClN3/c1-2-7-16-13-12(15-8-9-17-13)10-3-5-11(14)6-4-10/h3-6,8-9H,2,7H2,1H3,(H,16,17). The maximum atomic E-state index is 5.87. The molecule has 0 saturated carbocycles. The summed E-state index contributed by atoms with van der Waals surface area (Å²) >= 11 is 5.87. The molecule has 0 unspecified atom stereocenters. The molecule has 0 aliphatic heterocycles. The Labute approximate surface area is 106 Å². The van der Waals surface area contributed by atoms with Crippen molar-refractivity contribution in [2.75, 3.05) is 11.9 Å². The molecule has 0 aliphatic carbocycles. The number of anilines is 1. The molecule has 0 spiro atoms. The second-order valence-electron chi connectivity index (χ2n) is 3.69. The van der Waals surface area contributed by atoms with Gasteiger partial charge in [-0.15, -0.1) is 0 Å². The topological polar surface area (TPSA) is 37.8 Å². The van der Waals surface area contributed by atoms with Crippen molar-refractivity contribution in [3.05, 3.63) is 41.7 Å². The van der Waals surface area contributed by atoms with Crippen LogP contribution in [0.3, 0.4) is 0 Å². The van der Waals surface area contributed by atoms with Gasteiger partial charge >= 0.3 is 0 Å². The van der Waals surface area contributed by atoms with Crippen LogP contribution in [0.1, 0.15) is 13.3 Å². The van der Waals surface area contributed by atoms with E-state index in [0.717, 1.165) is 35.1 Å². The van der Waals surface area contributed by atoms with Gasteiger partial charge in [-0.25, -0.2) is 4.98 Å². The summed E-state index contributed by atoms with van der Waals surface area (Å²) < 4.78 is 0. The number of rotatable bonds is 4. The first-order valence-corrected chi connectivity index (χ1v) is 6.00. The monoisotopic (exact) mass is 247 g/mol. The maximum Gasteiger partial charge on any atom is 0.152 e. The van der Waals surface area contributed by atoms with Gasteiger partial charge in [-0.3, -0.25) is 4.98 Å². The van der Waals surface area contributed by atoms with Crippen LogP contribution in [0.25, 0.3) is 11.3 Å². The van der Waals surface area contributed by atoms with E-state index in [4.69, 9.17) is 11.6 Å². The van der Waals surface area contributed by atoms with Crippen molar-refractivity contribution in [1.29, 1.82) is 0 Å². The molecule has 1 aromatic heterocycles. The molecule has 0 amide bonds. The van der Waals surface area contributed by atoms with E-state index < -0.39 is 0 Å². The van der Waals surface area contributed by atoms with Crippen molar-refractivity contribution in [2.24, 2.45) is 0 Å². The van der Waals surface area contributed by atoms with Crippen LogP contribution in [0.2, 0.25) is 5.02 Å². The molecule has 0 aliphatic rings. The molecule has 88 valence electrons. The summed E-state index contributed by atoms with van der Waals surface area (Å²) in [6, 6.07) is 7.61. The first-order chi connectivity index (χ1) is 8.31. The van der Waals surface area contributed by atoms with E-state index >= 15 is 0 Å². The Hall–Kier alpha value is -1.61. The Kier molecular flexibility index (Phi) is 3.94. The van der Waals surface area contributed by atoms with Crippen molar-refractivity contribution in [1.82, 2.24) is 9.97 Å². The normalized spacial score (nSPS) is 10.2. The average molecular weight is 248 g/mol. The van der Waals surface area contributed by atoms with Crippen molar-refractivity contribution in [3.8, 4) is 11.3 Å². The van der Waals surface area contributed by atoms with E-state index in [2.05, 4.69) is 22.2 Å². The van der Waals surface area contributed by atoms with Crippen LogP contribution in [0, 0.1) is 0 Å². The lowest BCUT2D eigenvalue weighted by Gasteiger charge is -2.09. The van der Waals surface area contributed by atoms with Crippen LogP contribution in [0.4, 0.5) is 5.82 Å². The highest BCUT2D eigenvalue weighted by molar-refractivity contribution is 6.30. The Bertz CT molecular complexity index is 482. The van der Waals surface area contributed by atoms with Crippen LogP contribution in [0.15, 0.2) is 36.7 Å². The van der Waals surface area contributed by atoms with Gasteiger partial charge in [-0.1, -0.05) is 30.7 Å². The first kappa shape index (κ1) is 11.9. The summed E-state index contributed by atoms with van der Waals surface area (Å²) in [5, 5.41) is 3.99. The zero-order chi connectivity index (χ0) is 12.1. The highest BCUT2D eigenvalue weighted by Crippen LogP contribution is 2.24. The summed E-state index contributed by atoms with van der Waals surface area (Å²) in [5.41, 5.74) is 1.87. The van der Waals surface area contributed by atoms with Gasteiger partial charge in [0, 0.05) is 29.5 Å². The number of nitrogens with one attached hydrogen (secondary N) is 1. The quantitative estimate of drug-likeness (QED) is 0.897. The minimum absolute atomic E-state index is 0.723. The van der Waals surface area contributed by atoms with E-state index in [-0.39, 0.29) is 0 Å². The molecule has 17 heavy (non-hydrogen) atoms. The zero-order valence-electron chi connectivity index (χ0n) is 9.65. The summed E-state index contributed by atoms with van der Waals surface area (Å²) in [7, 11) is 0. The fraction of sp³-hybridized carbons (Fsp3) is 0.231. The third-order valence-electron chi connectivity index (χ3n) is 2.36. The lowest BCUT2D eigenvalue weighted by Crippen LogP contribution is -2.04. The highest BCUT2D eigenvalue weighted by atomic mass is 35.5. The number of benzene rings is 1. The Morgan fingerprint density at radius 2 is 1.82 bits per heavy atom. The van der Waals surface area contributed by atoms with Crippen LogP contribution in [-0.2, 0) is 0 Å².